The highest BCUT2D eigenvalue weighted by Crippen LogP contribution is 2.33. The van der Waals surface area contributed by atoms with E-state index in [-0.39, 0.29) is 5.82 Å². The van der Waals surface area contributed by atoms with Crippen LogP contribution in [0.3, 0.4) is 0 Å². The summed E-state index contributed by atoms with van der Waals surface area (Å²) in [5.74, 6) is 0.179. The van der Waals surface area contributed by atoms with Crippen LogP contribution in [0, 0.1) is 0 Å². The molecule has 0 saturated carbocycles. The van der Waals surface area contributed by atoms with Gasteiger partial charge in [-0.15, -0.1) is 0 Å². The number of nitrogens with zero attached hydrogens (tertiary/aromatic N) is 4. The van der Waals surface area contributed by atoms with Gasteiger partial charge in [0.05, 0.1) is 12.9 Å². The van der Waals surface area contributed by atoms with Crippen molar-refractivity contribution in [1.82, 2.24) is 19.5 Å². The van der Waals surface area contributed by atoms with Crippen LogP contribution in [-0.4, -0.2) is 71.0 Å². The molecule has 1 saturated heterocycles. The van der Waals surface area contributed by atoms with Gasteiger partial charge in [0.25, 0.3) is 0 Å². The van der Waals surface area contributed by atoms with Gasteiger partial charge in [-0.25, -0.2) is 15.0 Å². The molecule has 0 amide bonds. The molecule has 0 spiro atoms. The number of hydrogen-bond donors (Lipinski definition) is 5. The molecule has 0 bridgehead atoms. The van der Waals surface area contributed by atoms with Gasteiger partial charge in [0.2, 0.25) is 0 Å². The Bertz CT molecular complexity index is 649. The van der Waals surface area contributed by atoms with E-state index < -0.39 is 37.3 Å². The Morgan fingerprint density at radius 1 is 1.29 bits per heavy atom. The standard InChI is InChI=1S/C11H15N5O5/c12-9-5-10(14-2-13-9)16(3-15-5)11-7(20)6(19)8(21-11)4(18)1-17/h2-4,6-8,11,17-20H,1H2,(H2,12,13,14)/t4-,6-,7-,8-,11-/m1/s1. The van der Waals surface area contributed by atoms with Gasteiger partial charge in [-0.1, -0.05) is 0 Å². The van der Waals surface area contributed by atoms with Gasteiger partial charge in [-0.05, 0) is 0 Å². The maximum Gasteiger partial charge on any atom is 0.167 e. The van der Waals surface area contributed by atoms with E-state index in [0.717, 1.165) is 0 Å². The van der Waals surface area contributed by atoms with Crippen molar-refractivity contribution in [2.45, 2.75) is 30.6 Å². The number of fused-ring (bicyclic) bond motifs is 1. The molecule has 1 aliphatic rings. The number of hydrogen-bond acceptors (Lipinski definition) is 9. The lowest BCUT2D eigenvalue weighted by atomic mass is 10.1. The minimum Gasteiger partial charge on any atom is -0.394 e. The molecule has 0 radical (unpaired) electrons. The minimum atomic E-state index is -1.35. The van der Waals surface area contributed by atoms with E-state index in [4.69, 9.17) is 15.6 Å². The highest BCUT2D eigenvalue weighted by atomic mass is 16.6. The average Bonchev–Trinajstić information content (AvgIpc) is 3.02. The third-order valence-corrected chi connectivity index (χ3v) is 3.50. The molecule has 0 unspecified atom stereocenters. The van der Waals surface area contributed by atoms with Crippen LogP contribution >= 0.6 is 0 Å². The normalized spacial score (nSPS) is 30.9. The number of nitrogen functional groups attached to an aromatic ring is 1. The molecule has 0 aliphatic carbocycles. The molecular weight excluding hydrogens is 282 g/mol. The van der Waals surface area contributed by atoms with Gasteiger partial charge in [0.15, 0.2) is 17.7 Å². The minimum absolute atomic E-state index is 0.179. The number of nitrogens with two attached hydrogens (primary N) is 1. The molecule has 2 aromatic heterocycles. The Balaban J connectivity index is 1.98. The molecule has 21 heavy (non-hydrogen) atoms. The molecule has 3 heterocycles. The number of imidazole rings is 1. The first-order valence-corrected chi connectivity index (χ1v) is 6.28. The Labute approximate surface area is 118 Å². The second-order valence-corrected chi connectivity index (χ2v) is 4.81. The summed E-state index contributed by atoms with van der Waals surface area (Å²) in [5, 5.41) is 38.5. The lowest BCUT2D eigenvalue weighted by Gasteiger charge is -2.18. The topological polar surface area (TPSA) is 160 Å². The second-order valence-electron chi connectivity index (χ2n) is 4.81. The molecule has 2 aromatic rings. The van der Waals surface area contributed by atoms with Gasteiger partial charge in [0, 0.05) is 0 Å². The fourth-order valence-electron chi connectivity index (χ4n) is 2.39. The third kappa shape index (κ3) is 2.13. The lowest BCUT2D eigenvalue weighted by Crippen LogP contribution is -2.40. The summed E-state index contributed by atoms with van der Waals surface area (Å²) in [5.41, 5.74) is 6.35. The molecule has 5 atom stereocenters. The van der Waals surface area contributed by atoms with Crippen LogP contribution in [0.4, 0.5) is 5.82 Å². The highest BCUT2D eigenvalue weighted by Gasteiger charge is 2.47. The highest BCUT2D eigenvalue weighted by molar-refractivity contribution is 5.81. The zero-order valence-corrected chi connectivity index (χ0v) is 10.8. The quantitative estimate of drug-likeness (QED) is 0.408. The van der Waals surface area contributed by atoms with E-state index in [1.807, 2.05) is 0 Å². The fraction of sp³-hybridized carbons (Fsp3) is 0.545. The predicted octanol–water partition coefficient (Wildman–Crippen LogP) is -2.62. The largest absolute Gasteiger partial charge is 0.394 e. The fourth-order valence-corrected chi connectivity index (χ4v) is 2.39. The zero-order chi connectivity index (χ0) is 15.1. The molecule has 1 aliphatic heterocycles. The maximum absolute atomic E-state index is 10.1. The van der Waals surface area contributed by atoms with Crippen LogP contribution in [0.2, 0.25) is 0 Å². The number of rotatable bonds is 3. The monoisotopic (exact) mass is 297 g/mol. The zero-order valence-electron chi connectivity index (χ0n) is 10.8. The van der Waals surface area contributed by atoms with Crippen molar-refractivity contribution in [2.24, 2.45) is 0 Å². The van der Waals surface area contributed by atoms with Gasteiger partial charge < -0.3 is 30.9 Å². The van der Waals surface area contributed by atoms with Crippen molar-refractivity contribution in [3.8, 4) is 0 Å². The predicted molar refractivity (Wildman–Crippen MR) is 68.8 cm³/mol. The molecule has 10 nitrogen and oxygen atoms in total. The van der Waals surface area contributed by atoms with Gasteiger partial charge in [-0.2, -0.15) is 0 Å². The Hall–Kier alpha value is -1.85. The summed E-state index contributed by atoms with van der Waals surface area (Å²) in [6.45, 7) is -0.596. The van der Waals surface area contributed by atoms with Gasteiger partial charge in [0.1, 0.15) is 36.3 Å². The third-order valence-electron chi connectivity index (χ3n) is 3.50. The SMILES string of the molecule is Nc1ncnc2c1ncn2[C@@H]1O[C@H]([C@H](O)CO)[C@H](O)[C@H]1O. The van der Waals surface area contributed by atoms with Crippen LogP contribution < -0.4 is 5.73 Å². The van der Waals surface area contributed by atoms with Crippen molar-refractivity contribution in [3.05, 3.63) is 12.7 Å². The van der Waals surface area contributed by atoms with Crippen LogP contribution in [0.5, 0.6) is 0 Å². The smallest absolute Gasteiger partial charge is 0.167 e. The molecule has 3 rings (SSSR count). The van der Waals surface area contributed by atoms with Crippen LogP contribution in [0.1, 0.15) is 6.23 Å². The van der Waals surface area contributed by atoms with Gasteiger partial charge >= 0.3 is 0 Å². The summed E-state index contributed by atoms with van der Waals surface area (Å²) in [7, 11) is 0. The summed E-state index contributed by atoms with van der Waals surface area (Å²) in [4.78, 5) is 11.9. The van der Waals surface area contributed by atoms with Crippen molar-refractivity contribution in [1.29, 1.82) is 0 Å². The van der Waals surface area contributed by atoms with E-state index >= 15 is 0 Å². The Morgan fingerprint density at radius 3 is 2.76 bits per heavy atom. The molecule has 0 aromatic carbocycles. The Morgan fingerprint density at radius 2 is 2.05 bits per heavy atom. The first-order chi connectivity index (χ1) is 10.0. The number of aliphatic hydroxyl groups is 4. The summed E-state index contributed by atoms with van der Waals surface area (Å²) >= 11 is 0. The van der Waals surface area contributed by atoms with Crippen LogP contribution in [0.25, 0.3) is 11.2 Å². The van der Waals surface area contributed by atoms with E-state index in [9.17, 15) is 15.3 Å². The number of aromatic nitrogens is 4. The van der Waals surface area contributed by atoms with Crippen LogP contribution in [0.15, 0.2) is 12.7 Å². The first kappa shape index (κ1) is 14.1. The number of aliphatic hydroxyl groups excluding tert-OH is 4. The first-order valence-electron chi connectivity index (χ1n) is 6.28. The lowest BCUT2D eigenvalue weighted by molar-refractivity contribution is -0.0962. The molecule has 10 heteroatoms. The molecule has 114 valence electrons. The van der Waals surface area contributed by atoms with Crippen molar-refractivity contribution >= 4 is 17.0 Å². The summed E-state index contributed by atoms with van der Waals surface area (Å²) < 4.78 is 6.84. The van der Waals surface area contributed by atoms with Crippen molar-refractivity contribution < 1.29 is 25.2 Å². The van der Waals surface area contributed by atoms with Gasteiger partial charge in [-0.3, -0.25) is 4.57 Å². The van der Waals surface area contributed by atoms with Crippen molar-refractivity contribution in [2.75, 3.05) is 12.3 Å². The van der Waals surface area contributed by atoms with E-state index in [1.54, 1.807) is 0 Å². The summed E-state index contributed by atoms with van der Waals surface area (Å²) in [6, 6.07) is 0. The van der Waals surface area contributed by atoms with Crippen molar-refractivity contribution in [3.63, 3.8) is 0 Å². The Kier molecular flexibility index (Phi) is 3.47. The van der Waals surface area contributed by atoms with Crippen LogP contribution in [-0.2, 0) is 4.74 Å². The molecular formula is C11H15N5O5. The molecule has 1 fully saturated rings. The number of anilines is 1. The second kappa shape index (κ2) is 5.16. The summed E-state index contributed by atoms with van der Waals surface area (Å²) in [6.07, 6.45) is -3.51. The van der Waals surface area contributed by atoms with E-state index in [1.165, 1.54) is 17.2 Å². The molecule has 6 N–H and O–H groups in total. The number of ether oxygens (including phenoxy) is 1. The average molecular weight is 297 g/mol. The maximum atomic E-state index is 10.1. The van der Waals surface area contributed by atoms with E-state index in [0.29, 0.717) is 11.2 Å². The van der Waals surface area contributed by atoms with E-state index in [2.05, 4.69) is 15.0 Å².